The van der Waals surface area contributed by atoms with Crippen molar-refractivity contribution in [3.63, 3.8) is 0 Å². The van der Waals surface area contributed by atoms with Crippen LogP contribution in [0.1, 0.15) is 265 Å². The van der Waals surface area contributed by atoms with Gasteiger partial charge in [0.15, 0.2) is 0 Å². The third kappa shape index (κ3) is 40.9. The van der Waals surface area contributed by atoms with E-state index in [2.05, 4.69) is 44.3 Å². The molecule has 0 aliphatic carbocycles. The van der Waals surface area contributed by atoms with Crippen LogP contribution in [-0.4, -0.2) is 46.9 Å². The van der Waals surface area contributed by atoms with E-state index in [1.807, 2.05) is 6.08 Å². The molecule has 0 spiro atoms. The second-order valence-electron chi connectivity index (χ2n) is 17.2. The number of allylic oxidation sites excluding steroid dienone is 4. The molecule has 0 aromatic rings. The van der Waals surface area contributed by atoms with Crippen molar-refractivity contribution >= 4 is 11.9 Å². The summed E-state index contributed by atoms with van der Waals surface area (Å²) >= 11 is 0. The van der Waals surface area contributed by atoms with Crippen molar-refractivity contribution in [2.45, 2.75) is 283 Å². The lowest BCUT2D eigenvalue weighted by Crippen LogP contribution is -2.46. The first-order valence-electron chi connectivity index (χ1n) is 25.1. The molecular weight excluding hydrogens is 707 g/mol. The van der Waals surface area contributed by atoms with Crippen molar-refractivity contribution in [2.24, 2.45) is 0 Å². The molecule has 3 unspecified atom stereocenters. The zero-order valence-electron chi connectivity index (χ0n) is 38.2. The first kappa shape index (κ1) is 55.3. The molecule has 1 amide bonds. The molecule has 57 heavy (non-hydrogen) atoms. The highest BCUT2D eigenvalue weighted by Crippen LogP contribution is 2.18. The number of hydrogen-bond acceptors (Lipinski definition) is 5. The maximum atomic E-state index is 13.1. The molecule has 336 valence electrons. The Balaban J connectivity index is 4.53. The first-order chi connectivity index (χ1) is 28.0. The summed E-state index contributed by atoms with van der Waals surface area (Å²) < 4.78 is 5.87. The lowest BCUT2D eigenvalue weighted by molar-refractivity contribution is -0.150. The minimum Gasteiger partial charge on any atom is -0.462 e. The molecule has 0 fully saturated rings. The predicted octanol–water partition coefficient (Wildman–Crippen LogP) is 14.7. The van der Waals surface area contributed by atoms with E-state index in [-0.39, 0.29) is 24.9 Å². The SMILES string of the molecule is CCCCCCCC/C=C\C/C=C/CCC(=O)OC(CCCCCCCCCCCC)CC(=O)NC(CO)C(O)CCCCCCCCCCCCCCCCC. The number of aliphatic hydroxyl groups is 2. The molecule has 0 bridgehead atoms. The Morgan fingerprint density at radius 2 is 0.895 bits per heavy atom. The van der Waals surface area contributed by atoms with E-state index in [9.17, 15) is 19.8 Å². The molecule has 0 aliphatic heterocycles. The number of hydrogen-bond donors (Lipinski definition) is 3. The fraction of sp³-hybridized carbons (Fsp3) is 0.882. The summed E-state index contributed by atoms with van der Waals surface area (Å²) in [6.07, 6.45) is 51.0. The minimum atomic E-state index is -0.791. The molecule has 0 aliphatic rings. The molecule has 0 radical (unpaired) electrons. The van der Waals surface area contributed by atoms with Gasteiger partial charge in [-0.2, -0.15) is 0 Å². The van der Waals surface area contributed by atoms with Crippen molar-refractivity contribution < 1.29 is 24.5 Å². The fourth-order valence-electron chi connectivity index (χ4n) is 7.72. The van der Waals surface area contributed by atoms with Gasteiger partial charge in [-0.05, 0) is 44.9 Å². The van der Waals surface area contributed by atoms with E-state index in [1.54, 1.807) is 0 Å². The third-order valence-corrected chi connectivity index (χ3v) is 11.5. The minimum absolute atomic E-state index is 0.0601. The predicted molar refractivity (Wildman–Crippen MR) is 246 cm³/mol. The Bertz CT molecular complexity index is 904. The molecule has 0 saturated carbocycles. The van der Waals surface area contributed by atoms with Gasteiger partial charge in [0.1, 0.15) is 6.10 Å². The van der Waals surface area contributed by atoms with E-state index in [4.69, 9.17) is 4.74 Å². The van der Waals surface area contributed by atoms with Crippen LogP contribution in [0.5, 0.6) is 0 Å². The van der Waals surface area contributed by atoms with E-state index in [0.29, 0.717) is 25.7 Å². The van der Waals surface area contributed by atoms with Crippen molar-refractivity contribution in [3.05, 3.63) is 24.3 Å². The van der Waals surface area contributed by atoms with E-state index < -0.39 is 18.2 Å². The summed E-state index contributed by atoms with van der Waals surface area (Å²) in [5, 5.41) is 23.7. The molecular formula is C51H97NO5. The van der Waals surface area contributed by atoms with Crippen LogP contribution in [0, 0.1) is 0 Å². The maximum absolute atomic E-state index is 13.1. The normalized spacial score (nSPS) is 13.4. The summed E-state index contributed by atoms with van der Waals surface area (Å²) in [7, 11) is 0. The Hall–Kier alpha value is -1.66. The fourth-order valence-corrected chi connectivity index (χ4v) is 7.72. The van der Waals surface area contributed by atoms with Crippen molar-refractivity contribution in [2.75, 3.05) is 6.61 Å². The van der Waals surface area contributed by atoms with Crippen LogP contribution in [-0.2, 0) is 14.3 Å². The van der Waals surface area contributed by atoms with Crippen LogP contribution >= 0.6 is 0 Å². The van der Waals surface area contributed by atoms with Gasteiger partial charge < -0.3 is 20.3 Å². The number of carbonyl (C=O) groups excluding carboxylic acids is 2. The quantitative estimate of drug-likeness (QED) is 0.0324. The first-order valence-corrected chi connectivity index (χ1v) is 25.1. The lowest BCUT2D eigenvalue weighted by atomic mass is 10.0. The third-order valence-electron chi connectivity index (χ3n) is 11.5. The molecule has 0 heterocycles. The zero-order chi connectivity index (χ0) is 41.7. The molecule has 0 aromatic carbocycles. The standard InChI is InChI=1S/C51H97NO5/c1-4-7-10-13-16-19-22-24-25-27-28-31-34-37-40-43-49(54)48(46-53)52-50(55)45-47(42-39-36-33-30-21-18-15-12-9-6-3)57-51(56)44-41-38-35-32-29-26-23-20-17-14-11-8-5-2/h26,29,35,38,47-49,53-54H,4-25,27-28,30-34,36-37,39-46H2,1-3H3,(H,52,55)/b29-26-,38-35+. The average Bonchev–Trinajstić information content (AvgIpc) is 3.20. The van der Waals surface area contributed by atoms with Crippen LogP contribution in [0.3, 0.4) is 0 Å². The van der Waals surface area contributed by atoms with Gasteiger partial charge in [-0.25, -0.2) is 0 Å². The van der Waals surface area contributed by atoms with E-state index in [0.717, 1.165) is 44.9 Å². The molecule has 0 saturated heterocycles. The van der Waals surface area contributed by atoms with Crippen LogP contribution < -0.4 is 5.32 Å². The summed E-state index contributed by atoms with van der Waals surface area (Å²) in [6.45, 7) is 6.46. The molecule has 3 atom stereocenters. The van der Waals surface area contributed by atoms with Gasteiger partial charge >= 0.3 is 5.97 Å². The molecule has 3 N–H and O–H groups in total. The molecule has 6 nitrogen and oxygen atoms in total. The summed E-state index contributed by atoms with van der Waals surface area (Å²) in [5.74, 6) is -0.544. The van der Waals surface area contributed by atoms with Crippen LogP contribution in [0.15, 0.2) is 24.3 Å². The Morgan fingerprint density at radius 1 is 0.509 bits per heavy atom. The van der Waals surface area contributed by atoms with E-state index in [1.165, 1.54) is 167 Å². The zero-order valence-corrected chi connectivity index (χ0v) is 38.2. The second-order valence-corrected chi connectivity index (χ2v) is 17.2. The largest absolute Gasteiger partial charge is 0.462 e. The number of unbranched alkanes of at least 4 members (excludes halogenated alkanes) is 29. The second kappa shape index (κ2) is 45.4. The number of amides is 1. The molecule has 0 rings (SSSR count). The van der Waals surface area contributed by atoms with Crippen molar-refractivity contribution in [1.82, 2.24) is 5.32 Å². The summed E-state index contributed by atoms with van der Waals surface area (Å²) in [4.78, 5) is 26.0. The van der Waals surface area contributed by atoms with Crippen molar-refractivity contribution in [1.29, 1.82) is 0 Å². The number of aliphatic hydroxyl groups excluding tert-OH is 2. The van der Waals surface area contributed by atoms with Crippen LogP contribution in [0.4, 0.5) is 0 Å². The Labute approximate surface area is 354 Å². The highest BCUT2D eigenvalue weighted by molar-refractivity contribution is 5.77. The summed E-state index contributed by atoms with van der Waals surface area (Å²) in [5.41, 5.74) is 0. The van der Waals surface area contributed by atoms with Crippen molar-refractivity contribution in [3.8, 4) is 0 Å². The number of esters is 1. The van der Waals surface area contributed by atoms with Gasteiger partial charge in [0.05, 0.1) is 25.2 Å². The maximum Gasteiger partial charge on any atom is 0.306 e. The van der Waals surface area contributed by atoms with Gasteiger partial charge in [-0.1, -0.05) is 231 Å². The number of ether oxygens (including phenoxy) is 1. The van der Waals surface area contributed by atoms with Gasteiger partial charge in [0.2, 0.25) is 5.91 Å². The lowest BCUT2D eigenvalue weighted by Gasteiger charge is -2.24. The van der Waals surface area contributed by atoms with Crippen LogP contribution in [0.25, 0.3) is 0 Å². The average molecular weight is 804 g/mol. The monoisotopic (exact) mass is 804 g/mol. The highest BCUT2D eigenvalue weighted by Gasteiger charge is 2.24. The van der Waals surface area contributed by atoms with Gasteiger partial charge in [0.25, 0.3) is 0 Å². The molecule has 6 heteroatoms. The highest BCUT2D eigenvalue weighted by atomic mass is 16.5. The Kier molecular flexibility index (Phi) is 44.1. The Morgan fingerprint density at radius 3 is 1.33 bits per heavy atom. The van der Waals surface area contributed by atoms with E-state index >= 15 is 0 Å². The number of nitrogens with one attached hydrogen (secondary N) is 1. The van der Waals surface area contributed by atoms with Crippen LogP contribution in [0.2, 0.25) is 0 Å². The molecule has 0 aromatic heterocycles. The topological polar surface area (TPSA) is 95.9 Å². The summed E-state index contributed by atoms with van der Waals surface area (Å²) in [6, 6.07) is -0.706. The number of carbonyl (C=O) groups is 2. The number of rotatable bonds is 45. The van der Waals surface area contributed by atoms with Gasteiger partial charge in [-0.3, -0.25) is 9.59 Å². The van der Waals surface area contributed by atoms with Gasteiger partial charge in [-0.15, -0.1) is 0 Å². The smallest absolute Gasteiger partial charge is 0.306 e. The van der Waals surface area contributed by atoms with Gasteiger partial charge in [0, 0.05) is 6.42 Å².